The van der Waals surface area contributed by atoms with Gasteiger partial charge in [0, 0.05) is 32.1 Å². The first-order valence-electron chi connectivity index (χ1n) is 7.39. The Balaban J connectivity index is 2.17. The zero-order valence-electron chi connectivity index (χ0n) is 13.2. The molecule has 1 aromatic rings. The van der Waals surface area contributed by atoms with Gasteiger partial charge in [-0.05, 0) is 25.0 Å². The average Bonchev–Trinajstić information content (AvgIpc) is 2.74. The van der Waals surface area contributed by atoms with Crippen LogP contribution < -0.4 is 20.5 Å². The number of fused-ring (bicyclic) bond motifs is 1. The number of nitrogens with one attached hydrogen (secondary N) is 1. The summed E-state index contributed by atoms with van der Waals surface area (Å²) in [6.07, 6.45) is 1.42. The Morgan fingerprint density at radius 2 is 1.86 bits per heavy atom. The molecule has 0 saturated heterocycles. The molecule has 0 radical (unpaired) electrons. The van der Waals surface area contributed by atoms with Gasteiger partial charge >= 0.3 is 0 Å². The van der Waals surface area contributed by atoms with Crippen LogP contribution in [0.15, 0.2) is 18.2 Å². The van der Waals surface area contributed by atoms with Crippen LogP contribution in [0.3, 0.4) is 0 Å². The number of anilines is 1. The number of ether oxygens (including phenoxy) is 2. The highest BCUT2D eigenvalue weighted by molar-refractivity contribution is 5.95. The van der Waals surface area contributed by atoms with Crippen molar-refractivity contribution in [3.8, 4) is 11.5 Å². The fraction of sp³-hybridized carbons (Fsp3) is 0.562. The molecule has 1 heterocycles. The third kappa shape index (κ3) is 2.97. The maximum Gasteiger partial charge on any atom is 0.246 e. The van der Waals surface area contributed by atoms with Crippen LogP contribution in [0.4, 0.5) is 5.69 Å². The number of hydrogen-bond acceptors (Lipinski definition) is 4. The van der Waals surface area contributed by atoms with E-state index in [1.165, 1.54) is 0 Å². The summed E-state index contributed by atoms with van der Waals surface area (Å²) in [5.74, 6) is 0.616. The van der Waals surface area contributed by atoms with E-state index in [2.05, 4.69) is 5.32 Å². The molecular formula is C16H24N2O3. The smallest absolute Gasteiger partial charge is 0.246 e. The molecule has 0 aromatic heterocycles. The van der Waals surface area contributed by atoms with Crippen LogP contribution in [-0.2, 0) is 4.79 Å². The summed E-state index contributed by atoms with van der Waals surface area (Å²) in [5, 5.41) is 2.94. The van der Waals surface area contributed by atoms with E-state index in [1.54, 1.807) is 6.07 Å². The van der Waals surface area contributed by atoms with Crippen LogP contribution in [0.25, 0.3) is 0 Å². The van der Waals surface area contributed by atoms with E-state index in [9.17, 15) is 4.79 Å². The summed E-state index contributed by atoms with van der Waals surface area (Å²) in [6.45, 7) is 8.00. The van der Waals surface area contributed by atoms with E-state index in [4.69, 9.17) is 15.2 Å². The van der Waals surface area contributed by atoms with Crippen molar-refractivity contribution in [3.05, 3.63) is 18.2 Å². The highest BCUT2D eigenvalue weighted by atomic mass is 16.7. The van der Waals surface area contributed by atoms with Crippen LogP contribution in [0, 0.1) is 5.41 Å². The minimum atomic E-state index is -0.668. The van der Waals surface area contributed by atoms with E-state index in [-0.39, 0.29) is 5.91 Å². The Morgan fingerprint density at radius 3 is 2.43 bits per heavy atom. The van der Waals surface area contributed by atoms with Gasteiger partial charge in [0.05, 0.1) is 5.41 Å². The topological polar surface area (TPSA) is 73.6 Å². The van der Waals surface area contributed by atoms with Gasteiger partial charge in [0.1, 0.15) is 0 Å². The Morgan fingerprint density at radius 1 is 1.24 bits per heavy atom. The molecule has 116 valence electrons. The lowest BCUT2D eigenvalue weighted by molar-refractivity contribution is -0.125. The molecule has 0 bridgehead atoms. The first kappa shape index (κ1) is 15.6. The molecule has 0 fully saturated rings. The summed E-state index contributed by atoms with van der Waals surface area (Å²) in [7, 11) is 0. The quantitative estimate of drug-likeness (QED) is 0.875. The maximum atomic E-state index is 12.5. The van der Waals surface area contributed by atoms with Crippen molar-refractivity contribution in [2.24, 2.45) is 11.1 Å². The lowest BCUT2D eigenvalue weighted by Crippen LogP contribution is -2.41. The van der Waals surface area contributed by atoms with E-state index in [0.29, 0.717) is 36.6 Å². The molecule has 5 heteroatoms. The zero-order chi connectivity index (χ0) is 15.7. The summed E-state index contributed by atoms with van der Waals surface area (Å²) in [5.41, 5.74) is 5.98. The van der Waals surface area contributed by atoms with Crippen molar-refractivity contribution in [3.63, 3.8) is 0 Å². The predicted octanol–water partition coefficient (Wildman–Crippen LogP) is 2.90. The second-order valence-electron chi connectivity index (χ2n) is 5.91. The lowest BCUT2D eigenvalue weighted by Gasteiger charge is -2.28. The maximum absolute atomic E-state index is 12.5. The molecule has 0 saturated carbocycles. The minimum Gasteiger partial charge on any atom is -0.449 e. The second-order valence-corrected chi connectivity index (χ2v) is 5.91. The summed E-state index contributed by atoms with van der Waals surface area (Å²) in [6, 6.07) is 5.41. The van der Waals surface area contributed by atoms with Crippen molar-refractivity contribution in [2.75, 3.05) is 11.9 Å². The SMILES string of the molecule is CCC(CC)(CN)C(=O)Nc1ccc2c(c1)OC(C)(C)O2. The first-order chi connectivity index (χ1) is 9.85. The van der Waals surface area contributed by atoms with Gasteiger partial charge in [0.15, 0.2) is 11.5 Å². The molecule has 0 aliphatic carbocycles. The molecule has 0 unspecified atom stereocenters. The van der Waals surface area contributed by atoms with Gasteiger partial charge in [-0.3, -0.25) is 4.79 Å². The first-order valence-corrected chi connectivity index (χ1v) is 7.39. The van der Waals surface area contributed by atoms with Crippen LogP contribution in [0.5, 0.6) is 11.5 Å². The Bertz CT molecular complexity index is 528. The van der Waals surface area contributed by atoms with E-state index in [0.717, 1.165) is 0 Å². The molecule has 2 rings (SSSR count). The number of rotatable bonds is 5. The molecule has 0 spiro atoms. The monoisotopic (exact) mass is 292 g/mol. The molecular weight excluding hydrogens is 268 g/mol. The standard InChI is InChI=1S/C16H24N2O3/c1-5-16(6-2,10-17)14(19)18-11-7-8-12-13(9-11)21-15(3,4)20-12/h7-9H,5-6,10,17H2,1-4H3,(H,18,19). The van der Waals surface area contributed by atoms with Gasteiger partial charge in [-0.2, -0.15) is 0 Å². The Labute approximate surface area is 125 Å². The van der Waals surface area contributed by atoms with Crippen LogP contribution >= 0.6 is 0 Å². The Hall–Kier alpha value is -1.75. The predicted molar refractivity (Wildman–Crippen MR) is 82.5 cm³/mol. The van der Waals surface area contributed by atoms with Crippen LogP contribution in [0.1, 0.15) is 40.5 Å². The molecule has 1 aliphatic heterocycles. The number of hydrogen-bond donors (Lipinski definition) is 2. The number of carbonyl (C=O) groups is 1. The van der Waals surface area contributed by atoms with Crippen molar-refractivity contribution in [1.82, 2.24) is 0 Å². The second kappa shape index (κ2) is 5.56. The van der Waals surface area contributed by atoms with Crippen molar-refractivity contribution >= 4 is 11.6 Å². The highest BCUT2D eigenvalue weighted by Crippen LogP contribution is 2.41. The van der Waals surface area contributed by atoms with E-state index >= 15 is 0 Å². The molecule has 1 aromatic carbocycles. The molecule has 1 aliphatic rings. The van der Waals surface area contributed by atoms with Crippen molar-refractivity contribution in [1.29, 1.82) is 0 Å². The zero-order valence-corrected chi connectivity index (χ0v) is 13.2. The van der Waals surface area contributed by atoms with Crippen LogP contribution in [-0.4, -0.2) is 18.2 Å². The van der Waals surface area contributed by atoms with Crippen molar-refractivity contribution < 1.29 is 14.3 Å². The van der Waals surface area contributed by atoms with E-state index < -0.39 is 11.2 Å². The van der Waals surface area contributed by atoms with E-state index in [1.807, 2.05) is 39.8 Å². The number of carbonyl (C=O) groups excluding carboxylic acids is 1. The fourth-order valence-electron chi connectivity index (χ4n) is 2.52. The Kier molecular flexibility index (Phi) is 4.14. The van der Waals surface area contributed by atoms with Gasteiger partial charge in [-0.15, -0.1) is 0 Å². The molecule has 5 nitrogen and oxygen atoms in total. The largest absolute Gasteiger partial charge is 0.449 e. The molecule has 3 N–H and O–H groups in total. The normalized spacial score (nSPS) is 15.9. The highest BCUT2D eigenvalue weighted by Gasteiger charge is 2.34. The van der Waals surface area contributed by atoms with Gasteiger partial charge in [0.25, 0.3) is 0 Å². The van der Waals surface area contributed by atoms with Gasteiger partial charge in [-0.25, -0.2) is 0 Å². The van der Waals surface area contributed by atoms with Crippen molar-refractivity contribution in [2.45, 2.75) is 46.3 Å². The molecule has 1 amide bonds. The number of amides is 1. The molecule has 0 atom stereocenters. The third-order valence-corrected chi connectivity index (χ3v) is 4.14. The summed E-state index contributed by atoms with van der Waals surface area (Å²) in [4.78, 5) is 12.5. The minimum absolute atomic E-state index is 0.0480. The lowest BCUT2D eigenvalue weighted by atomic mass is 9.81. The summed E-state index contributed by atoms with van der Waals surface area (Å²) >= 11 is 0. The van der Waals surface area contributed by atoms with Gasteiger partial charge in [0.2, 0.25) is 11.7 Å². The van der Waals surface area contributed by atoms with Gasteiger partial charge in [-0.1, -0.05) is 13.8 Å². The fourth-order valence-corrected chi connectivity index (χ4v) is 2.52. The third-order valence-electron chi connectivity index (χ3n) is 4.14. The number of nitrogens with two attached hydrogens (primary N) is 1. The van der Waals surface area contributed by atoms with Crippen LogP contribution in [0.2, 0.25) is 0 Å². The van der Waals surface area contributed by atoms with Gasteiger partial charge < -0.3 is 20.5 Å². The molecule has 21 heavy (non-hydrogen) atoms. The average molecular weight is 292 g/mol. The summed E-state index contributed by atoms with van der Waals surface area (Å²) < 4.78 is 11.3. The number of benzene rings is 1.